The fourth-order valence-corrected chi connectivity index (χ4v) is 5.58. The van der Waals surface area contributed by atoms with Gasteiger partial charge >= 0.3 is 0 Å². The zero-order valence-electron chi connectivity index (χ0n) is 16.6. The van der Waals surface area contributed by atoms with Gasteiger partial charge in [0.05, 0.1) is 17.1 Å². The van der Waals surface area contributed by atoms with Crippen LogP contribution < -0.4 is 0 Å². The minimum absolute atomic E-state index is 0.0643. The topological polar surface area (TPSA) is 53.5 Å². The van der Waals surface area contributed by atoms with Gasteiger partial charge in [-0.15, -0.1) is 11.3 Å². The summed E-state index contributed by atoms with van der Waals surface area (Å²) < 4.78 is 27.3. The van der Waals surface area contributed by atoms with Crippen LogP contribution in [0.15, 0.2) is 34.5 Å². The third-order valence-corrected chi connectivity index (χ3v) is 7.73. The Hall–Kier alpha value is -1.28. The highest BCUT2D eigenvalue weighted by atomic mass is 32.2. The third-order valence-electron chi connectivity index (χ3n) is 4.98. The van der Waals surface area contributed by atoms with Gasteiger partial charge in [-0.05, 0) is 24.1 Å². The Labute approximate surface area is 167 Å². The van der Waals surface area contributed by atoms with Crippen molar-refractivity contribution in [2.24, 2.45) is 0 Å². The van der Waals surface area contributed by atoms with Crippen LogP contribution in [0, 0.1) is 0 Å². The summed E-state index contributed by atoms with van der Waals surface area (Å²) in [6, 6.07) is 7.26. The minimum Gasteiger partial charge on any atom is -0.294 e. The van der Waals surface area contributed by atoms with E-state index in [2.05, 4.69) is 38.0 Å². The molecule has 2 heterocycles. The summed E-state index contributed by atoms with van der Waals surface area (Å²) in [7, 11) is -3.40. The SMILES string of the molecule is CCc1ccc(S(=O)(=O)N2CCN(Cc3nc(C(C)(C)C)cs3)CC2)cc1. The van der Waals surface area contributed by atoms with Gasteiger partial charge in [-0.3, -0.25) is 4.90 Å². The normalized spacial score (nSPS) is 17.3. The molecule has 0 saturated carbocycles. The molecule has 5 nitrogen and oxygen atoms in total. The predicted molar refractivity (Wildman–Crippen MR) is 111 cm³/mol. The summed E-state index contributed by atoms with van der Waals surface area (Å²) >= 11 is 1.69. The van der Waals surface area contributed by atoms with E-state index in [0.29, 0.717) is 18.0 Å². The van der Waals surface area contributed by atoms with E-state index in [0.717, 1.165) is 42.3 Å². The third kappa shape index (κ3) is 4.77. The van der Waals surface area contributed by atoms with E-state index in [-0.39, 0.29) is 5.41 Å². The van der Waals surface area contributed by atoms with E-state index in [1.165, 1.54) is 0 Å². The highest BCUT2D eigenvalue weighted by molar-refractivity contribution is 7.89. The average molecular weight is 408 g/mol. The van der Waals surface area contributed by atoms with Gasteiger partial charge in [0, 0.05) is 37.0 Å². The molecule has 27 heavy (non-hydrogen) atoms. The van der Waals surface area contributed by atoms with E-state index in [9.17, 15) is 8.42 Å². The summed E-state index contributed by atoms with van der Waals surface area (Å²) in [6.45, 7) is 11.9. The van der Waals surface area contributed by atoms with Crippen LogP contribution in [-0.2, 0) is 28.4 Å². The first-order valence-electron chi connectivity index (χ1n) is 9.46. The molecule has 0 radical (unpaired) electrons. The number of benzene rings is 1. The van der Waals surface area contributed by atoms with E-state index in [4.69, 9.17) is 4.98 Å². The van der Waals surface area contributed by atoms with Crippen molar-refractivity contribution in [2.75, 3.05) is 26.2 Å². The molecule has 1 saturated heterocycles. The number of rotatable bonds is 5. The van der Waals surface area contributed by atoms with Crippen molar-refractivity contribution in [1.82, 2.24) is 14.2 Å². The molecule has 1 aromatic heterocycles. The molecule has 0 bridgehead atoms. The van der Waals surface area contributed by atoms with Crippen LogP contribution in [0.2, 0.25) is 0 Å². The van der Waals surface area contributed by atoms with Gasteiger partial charge in [0.1, 0.15) is 5.01 Å². The number of nitrogens with zero attached hydrogens (tertiary/aromatic N) is 3. The summed E-state index contributed by atoms with van der Waals surface area (Å²) in [5.41, 5.74) is 2.34. The smallest absolute Gasteiger partial charge is 0.243 e. The number of aromatic nitrogens is 1. The van der Waals surface area contributed by atoms with Gasteiger partial charge in [-0.2, -0.15) is 4.31 Å². The van der Waals surface area contributed by atoms with Crippen molar-refractivity contribution in [2.45, 2.75) is 51.0 Å². The second-order valence-corrected chi connectivity index (χ2v) is 10.9. The molecular formula is C20H29N3O2S2. The molecule has 1 fully saturated rings. The maximum atomic E-state index is 12.9. The molecule has 148 valence electrons. The van der Waals surface area contributed by atoms with Crippen molar-refractivity contribution in [3.05, 3.63) is 45.9 Å². The number of sulfonamides is 1. The van der Waals surface area contributed by atoms with Crippen molar-refractivity contribution < 1.29 is 8.42 Å². The van der Waals surface area contributed by atoms with Crippen LogP contribution in [0.1, 0.15) is 44.0 Å². The summed E-state index contributed by atoms with van der Waals surface area (Å²) in [6.07, 6.45) is 0.909. The summed E-state index contributed by atoms with van der Waals surface area (Å²) in [4.78, 5) is 7.43. The maximum absolute atomic E-state index is 12.9. The molecule has 2 aromatic rings. The Bertz CT molecular complexity index is 859. The number of piperazine rings is 1. The van der Waals surface area contributed by atoms with Crippen LogP contribution in [0.5, 0.6) is 0 Å². The minimum atomic E-state index is -3.40. The Morgan fingerprint density at radius 3 is 2.22 bits per heavy atom. The molecule has 3 rings (SSSR count). The lowest BCUT2D eigenvalue weighted by Crippen LogP contribution is -2.48. The lowest BCUT2D eigenvalue weighted by atomic mass is 9.93. The molecule has 1 aliphatic heterocycles. The standard InChI is InChI=1S/C20H29N3O2S2/c1-5-16-6-8-17(9-7-16)27(24,25)23-12-10-22(11-13-23)14-19-21-18(15-26-19)20(2,3)4/h6-9,15H,5,10-14H2,1-4H3. The van der Waals surface area contributed by atoms with Gasteiger partial charge in [-0.25, -0.2) is 13.4 Å². The van der Waals surface area contributed by atoms with Crippen molar-refractivity contribution in [3.8, 4) is 0 Å². The first-order chi connectivity index (χ1) is 12.7. The molecule has 0 atom stereocenters. The highest BCUT2D eigenvalue weighted by Gasteiger charge is 2.29. The zero-order valence-corrected chi connectivity index (χ0v) is 18.2. The molecule has 0 N–H and O–H groups in total. The van der Waals surface area contributed by atoms with E-state index in [1.807, 2.05) is 12.1 Å². The fourth-order valence-electron chi connectivity index (χ4n) is 3.09. The zero-order chi connectivity index (χ0) is 19.7. The number of hydrogen-bond acceptors (Lipinski definition) is 5. The Kier molecular flexibility index (Phi) is 6.05. The maximum Gasteiger partial charge on any atom is 0.243 e. The molecule has 1 aromatic carbocycles. The van der Waals surface area contributed by atoms with Crippen LogP contribution in [-0.4, -0.2) is 48.8 Å². The lowest BCUT2D eigenvalue weighted by Gasteiger charge is -2.33. The first-order valence-corrected chi connectivity index (χ1v) is 11.8. The Morgan fingerprint density at radius 2 is 1.70 bits per heavy atom. The van der Waals surface area contributed by atoms with Crippen LogP contribution in [0.3, 0.4) is 0 Å². The van der Waals surface area contributed by atoms with Crippen molar-refractivity contribution >= 4 is 21.4 Å². The van der Waals surface area contributed by atoms with E-state index in [1.54, 1.807) is 27.8 Å². The van der Waals surface area contributed by atoms with Crippen LogP contribution >= 0.6 is 11.3 Å². The van der Waals surface area contributed by atoms with Gasteiger partial charge < -0.3 is 0 Å². The first kappa shape index (κ1) is 20.5. The largest absolute Gasteiger partial charge is 0.294 e. The lowest BCUT2D eigenvalue weighted by molar-refractivity contribution is 0.181. The molecular weight excluding hydrogens is 378 g/mol. The summed E-state index contributed by atoms with van der Waals surface area (Å²) in [5.74, 6) is 0. The monoisotopic (exact) mass is 407 g/mol. The van der Waals surface area contributed by atoms with Crippen molar-refractivity contribution in [3.63, 3.8) is 0 Å². The molecule has 0 amide bonds. The fraction of sp³-hybridized carbons (Fsp3) is 0.550. The summed E-state index contributed by atoms with van der Waals surface area (Å²) in [5, 5.41) is 3.24. The molecule has 0 spiro atoms. The van der Waals surface area contributed by atoms with Gasteiger partial charge in [0.25, 0.3) is 0 Å². The van der Waals surface area contributed by atoms with Gasteiger partial charge in [0.2, 0.25) is 10.0 Å². The Morgan fingerprint density at radius 1 is 1.07 bits per heavy atom. The van der Waals surface area contributed by atoms with E-state index >= 15 is 0 Å². The predicted octanol–water partition coefficient (Wildman–Crippen LogP) is 3.51. The molecule has 0 unspecified atom stereocenters. The second kappa shape index (κ2) is 7.99. The quantitative estimate of drug-likeness (QED) is 0.761. The Balaban J connectivity index is 1.60. The average Bonchev–Trinajstić information content (AvgIpc) is 3.11. The second-order valence-electron chi connectivity index (χ2n) is 8.05. The number of aryl methyl sites for hydroxylation is 1. The number of hydrogen-bond donors (Lipinski definition) is 0. The molecule has 0 aliphatic carbocycles. The van der Waals surface area contributed by atoms with Crippen LogP contribution in [0.25, 0.3) is 0 Å². The van der Waals surface area contributed by atoms with E-state index < -0.39 is 10.0 Å². The van der Waals surface area contributed by atoms with Crippen LogP contribution in [0.4, 0.5) is 0 Å². The van der Waals surface area contributed by atoms with Gasteiger partial charge in [-0.1, -0.05) is 39.8 Å². The highest BCUT2D eigenvalue weighted by Crippen LogP contribution is 2.25. The van der Waals surface area contributed by atoms with Gasteiger partial charge in [0.15, 0.2) is 0 Å². The molecule has 1 aliphatic rings. The number of thiazole rings is 1. The molecule has 7 heteroatoms. The van der Waals surface area contributed by atoms with Crippen molar-refractivity contribution in [1.29, 1.82) is 0 Å².